The Bertz CT molecular complexity index is 831. The van der Waals surface area contributed by atoms with Gasteiger partial charge in [-0.2, -0.15) is 0 Å². The molecule has 0 bridgehead atoms. The molecule has 6 heteroatoms. The van der Waals surface area contributed by atoms with E-state index in [-0.39, 0.29) is 5.91 Å². The van der Waals surface area contributed by atoms with Gasteiger partial charge in [0.05, 0.1) is 10.5 Å². The molecule has 4 nitrogen and oxygen atoms in total. The molecule has 0 aliphatic rings. The third kappa shape index (κ3) is 3.89. The van der Waals surface area contributed by atoms with E-state index in [9.17, 15) is 4.79 Å². The van der Waals surface area contributed by atoms with Gasteiger partial charge in [0, 0.05) is 29.1 Å². The molecule has 1 aromatic carbocycles. The Morgan fingerprint density at radius 3 is 2.96 bits per heavy atom. The van der Waals surface area contributed by atoms with E-state index in [1.807, 2.05) is 5.38 Å². The molecule has 0 spiro atoms. The predicted molar refractivity (Wildman–Crippen MR) is 97.3 cm³/mol. The molecule has 0 aliphatic heterocycles. The highest BCUT2D eigenvalue weighted by Crippen LogP contribution is 2.26. The van der Waals surface area contributed by atoms with Crippen LogP contribution in [0.3, 0.4) is 0 Å². The molecule has 0 radical (unpaired) electrons. The first-order valence-corrected chi connectivity index (χ1v) is 9.19. The number of aryl methyl sites for hydroxylation is 2. The first-order chi connectivity index (χ1) is 11.1. The molecule has 0 unspecified atom stereocenters. The number of aromatic nitrogens is 2. The summed E-state index contributed by atoms with van der Waals surface area (Å²) in [5.74, 6) is 0.683. The molecule has 0 saturated carbocycles. The van der Waals surface area contributed by atoms with E-state index in [0.717, 1.165) is 10.5 Å². The minimum absolute atomic E-state index is 0.0128. The zero-order valence-corrected chi connectivity index (χ0v) is 14.6. The van der Waals surface area contributed by atoms with Gasteiger partial charge in [0.25, 0.3) is 0 Å². The molecular formula is C17H17N3OS2. The van der Waals surface area contributed by atoms with Gasteiger partial charge in [0.1, 0.15) is 0 Å². The summed E-state index contributed by atoms with van der Waals surface area (Å²) >= 11 is 3.03. The third-order valence-electron chi connectivity index (χ3n) is 3.48. The van der Waals surface area contributed by atoms with Gasteiger partial charge < -0.3 is 5.32 Å². The quantitative estimate of drug-likeness (QED) is 0.696. The van der Waals surface area contributed by atoms with Crippen molar-refractivity contribution in [2.24, 2.45) is 0 Å². The van der Waals surface area contributed by atoms with E-state index in [4.69, 9.17) is 4.98 Å². The Hall–Kier alpha value is -1.92. The summed E-state index contributed by atoms with van der Waals surface area (Å²) < 4.78 is 0. The Morgan fingerprint density at radius 2 is 2.17 bits per heavy atom. The Morgan fingerprint density at radius 1 is 1.30 bits per heavy atom. The molecule has 1 N–H and O–H groups in total. The minimum Gasteiger partial charge on any atom is -0.302 e. The van der Waals surface area contributed by atoms with Gasteiger partial charge in [-0.05, 0) is 31.0 Å². The molecule has 0 atom stereocenters. The fourth-order valence-corrected chi connectivity index (χ4v) is 3.78. The van der Waals surface area contributed by atoms with Crippen molar-refractivity contribution in [3.8, 4) is 0 Å². The fraction of sp³-hybridized carbons (Fsp3) is 0.235. The molecule has 118 valence electrons. The van der Waals surface area contributed by atoms with Crippen LogP contribution in [-0.4, -0.2) is 21.6 Å². The zero-order valence-electron chi connectivity index (χ0n) is 13.0. The van der Waals surface area contributed by atoms with Gasteiger partial charge in [-0.3, -0.25) is 4.79 Å². The molecule has 2 aromatic heterocycles. The van der Waals surface area contributed by atoms with Gasteiger partial charge >= 0.3 is 0 Å². The van der Waals surface area contributed by atoms with Gasteiger partial charge in [-0.25, -0.2) is 9.97 Å². The SMILES string of the molecule is Cc1cc(SCCC(=O)Nc2nccs2)nc2c(C)cccc12. The third-order valence-corrected chi connectivity index (χ3v) is 5.08. The lowest BCUT2D eigenvalue weighted by Crippen LogP contribution is -2.11. The number of amides is 1. The number of carbonyl (C=O) groups is 1. The average Bonchev–Trinajstić information content (AvgIpc) is 3.01. The Labute approximate surface area is 143 Å². The summed E-state index contributed by atoms with van der Waals surface area (Å²) in [6.07, 6.45) is 2.12. The van der Waals surface area contributed by atoms with E-state index in [1.165, 1.54) is 27.8 Å². The number of hydrogen-bond acceptors (Lipinski definition) is 5. The first-order valence-electron chi connectivity index (χ1n) is 7.32. The van der Waals surface area contributed by atoms with Crippen molar-refractivity contribution < 1.29 is 4.79 Å². The number of thioether (sulfide) groups is 1. The maximum atomic E-state index is 11.9. The smallest absolute Gasteiger partial charge is 0.226 e. The summed E-state index contributed by atoms with van der Waals surface area (Å²) in [7, 11) is 0. The summed E-state index contributed by atoms with van der Waals surface area (Å²) in [6, 6.07) is 8.32. The van der Waals surface area contributed by atoms with Crippen molar-refractivity contribution in [2.75, 3.05) is 11.1 Å². The van der Waals surface area contributed by atoms with Crippen LogP contribution in [0, 0.1) is 13.8 Å². The van der Waals surface area contributed by atoms with Crippen molar-refractivity contribution in [2.45, 2.75) is 25.3 Å². The number of pyridine rings is 1. The number of anilines is 1. The van der Waals surface area contributed by atoms with E-state index in [0.29, 0.717) is 17.3 Å². The largest absolute Gasteiger partial charge is 0.302 e. The number of hydrogen-bond donors (Lipinski definition) is 1. The van der Waals surface area contributed by atoms with Gasteiger partial charge in [0.2, 0.25) is 5.91 Å². The monoisotopic (exact) mass is 343 g/mol. The standard InChI is InChI=1S/C17H17N3OS2/c1-11-4-3-5-13-12(2)10-15(20-16(11)13)22-8-6-14(21)19-17-18-7-9-23-17/h3-5,7,9-10H,6,8H2,1-2H3,(H,18,19,21). The van der Waals surface area contributed by atoms with Crippen LogP contribution in [0.2, 0.25) is 0 Å². The molecule has 1 amide bonds. The summed E-state index contributed by atoms with van der Waals surface area (Å²) in [6.45, 7) is 4.17. The van der Waals surface area contributed by atoms with Crippen molar-refractivity contribution in [3.63, 3.8) is 0 Å². The van der Waals surface area contributed by atoms with E-state index >= 15 is 0 Å². The molecule has 0 saturated heterocycles. The lowest BCUT2D eigenvalue weighted by Gasteiger charge is -2.08. The van der Waals surface area contributed by atoms with Crippen LogP contribution in [0.4, 0.5) is 5.13 Å². The van der Waals surface area contributed by atoms with Crippen LogP contribution < -0.4 is 5.32 Å². The maximum absolute atomic E-state index is 11.9. The summed E-state index contributed by atoms with van der Waals surface area (Å²) in [5, 5.41) is 7.44. The van der Waals surface area contributed by atoms with Crippen molar-refractivity contribution >= 4 is 45.0 Å². The number of thiazole rings is 1. The maximum Gasteiger partial charge on any atom is 0.226 e. The Balaban J connectivity index is 1.63. The second-order valence-electron chi connectivity index (χ2n) is 5.23. The molecule has 3 rings (SSSR count). The van der Waals surface area contributed by atoms with Gasteiger partial charge in [-0.15, -0.1) is 23.1 Å². The number of nitrogens with one attached hydrogen (secondary N) is 1. The average molecular weight is 343 g/mol. The number of para-hydroxylation sites is 1. The Kier molecular flexibility index (Phi) is 4.93. The van der Waals surface area contributed by atoms with Crippen molar-refractivity contribution in [1.29, 1.82) is 0 Å². The lowest BCUT2D eigenvalue weighted by molar-refractivity contribution is -0.115. The normalized spacial score (nSPS) is 10.9. The van der Waals surface area contributed by atoms with Crippen LogP contribution in [-0.2, 0) is 4.79 Å². The van der Waals surface area contributed by atoms with Crippen LogP contribution in [0.25, 0.3) is 10.9 Å². The summed E-state index contributed by atoms with van der Waals surface area (Å²) in [5.41, 5.74) is 3.44. The molecule has 23 heavy (non-hydrogen) atoms. The van der Waals surface area contributed by atoms with Crippen LogP contribution in [0.5, 0.6) is 0 Å². The number of benzene rings is 1. The van der Waals surface area contributed by atoms with Crippen molar-refractivity contribution in [3.05, 3.63) is 47.0 Å². The van der Waals surface area contributed by atoms with E-state index in [1.54, 1.807) is 18.0 Å². The van der Waals surface area contributed by atoms with Gasteiger partial charge in [-0.1, -0.05) is 18.2 Å². The fourth-order valence-electron chi connectivity index (χ4n) is 2.32. The molecule has 3 aromatic rings. The molecular weight excluding hydrogens is 326 g/mol. The number of carbonyl (C=O) groups excluding carboxylic acids is 1. The van der Waals surface area contributed by atoms with Crippen LogP contribution in [0.1, 0.15) is 17.5 Å². The summed E-state index contributed by atoms with van der Waals surface area (Å²) in [4.78, 5) is 20.6. The molecule has 2 heterocycles. The van der Waals surface area contributed by atoms with Gasteiger partial charge in [0.15, 0.2) is 5.13 Å². The van der Waals surface area contributed by atoms with Crippen LogP contribution in [0.15, 0.2) is 40.9 Å². The highest BCUT2D eigenvalue weighted by atomic mass is 32.2. The molecule has 0 fully saturated rings. The zero-order chi connectivity index (χ0) is 16.2. The minimum atomic E-state index is -0.0128. The second kappa shape index (κ2) is 7.10. The second-order valence-corrected chi connectivity index (χ2v) is 7.24. The van der Waals surface area contributed by atoms with Crippen molar-refractivity contribution in [1.82, 2.24) is 9.97 Å². The predicted octanol–water partition coefficient (Wildman–Crippen LogP) is 4.43. The molecule has 0 aliphatic carbocycles. The topological polar surface area (TPSA) is 54.9 Å². The highest BCUT2D eigenvalue weighted by molar-refractivity contribution is 7.99. The van der Waals surface area contributed by atoms with E-state index < -0.39 is 0 Å². The first kappa shape index (κ1) is 16.0. The number of rotatable bonds is 5. The van der Waals surface area contributed by atoms with E-state index in [2.05, 4.69) is 48.4 Å². The number of nitrogens with zero attached hydrogens (tertiary/aromatic N) is 2. The lowest BCUT2D eigenvalue weighted by atomic mass is 10.1. The highest BCUT2D eigenvalue weighted by Gasteiger charge is 2.08. The number of fused-ring (bicyclic) bond motifs is 1. The van der Waals surface area contributed by atoms with Crippen LogP contribution >= 0.6 is 23.1 Å².